The Hall–Kier alpha value is -2.63. The molecule has 25 heavy (non-hydrogen) atoms. The molecule has 3 aromatic heterocycles. The summed E-state index contributed by atoms with van der Waals surface area (Å²) in [5, 5.41) is 5.40. The van der Waals surface area contributed by atoms with Crippen LogP contribution in [0.25, 0.3) is 21.9 Å². The van der Waals surface area contributed by atoms with Gasteiger partial charge in [-0.1, -0.05) is 0 Å². The first-order chi connectivity index (χ1) is 12.3. The summed E-state index contributed by atoms with van der Waals surface area (Å²) in [6, 6.07) is 4.69. The van der Waals surface area contributed by atoms with Crippen LogP contribution >= 0.6 is 0 Å². The van der Waals surface area contributed by atoms with Gasteiger partial charge in [-0.3, -0.25) is 0 Å². The predicted molar refractivity (Wildman–Crippen MR) is 96.5 cm³/mol. The van der Waals surface area contributed by atoms with Crippen molar-refractivity contribution in [1.29, 1.82) is 0 Å². The molecule has 1 aliphatic heterocycles. The van der Waals surface area contributed by atoms with Crippen LogP contribution in [0.1, 0.15) is 37.2 Å². The Morgan fingerprint density at radius 2 is 2.16 bits per heavy atom. The van der Waals surface area contributed by atoms with Crippen LogP contribution in [0.3, 0.4) is 0 Å². The molecule has 5 rings (SSSR count). The van der Waals surface area contributed by atoms with Crippen molar-refractivity contribution in [3.63, 3.8) is 0 Å². The number of fused-ring (bicyclic) bond motifs is 3. The highest BCUT2D eigenvalue weighted by Crippen LogP contribution is 2.34. The van der Waals surface area contributed by atoms with E-state index in [1.54, 1.807) is 0 Å². The molecule has 2 amide bonds. The number of aromatic nitrogens is 3. The monoisotopic (exact) mass is 335 g/mol. The number of urea groups is 1. The third kappa shape index (κ3) is 2.62. The Morgan fingerprint density at radius 3 is 3.04 bits per heavy atom. The molecule has 128 valence electrons. The van der Waals surface area contributed by atoms with Crippen molar-refractivity contribution in [1.82, 2.24) is 25.2 Å². The number of carbonyl (C=O) groups excluding carboxylic acids is 1. The summed E-state index contributed by atoms with van der Waals surface area (Å²) in [5.41, 5.74) is 3.10. The number of likely N-dealkylation sites (tertiary alicyclic amines) is 1. The smallest absolute Gasteiger partial charge is 0.317 e. The molecule has 2 fully saturated rings. The predicted octanol–water partition coefficient (Wildman–Crippen LogP) is 3.16. The molecule has 2 N–H and O–H groups in total. The van der Waals surface area contributed by atoms with E-state index in [0.717, 1.165) is 55.3 Å². The first kappa shape index (κ1) is 14.7. The van der Waals surface area contributed by atoms with Gasteiger partial charge in [0, 0.05) is 48.2 Å². The lowest BCUT2D eigenvalue weighted by Crippen LogP contribution is -2.45. The van der Waals surface area contributed by atoms with Crippen LogP contribution in [0.2, 0.25) is 0 Å². The van der Waals surface area contributed by atoms with Crippen LogP contribution < -0.4 is 5.32 Å². The molecule has 0 aromatic carbocycles. The summed E-state index contributed by atoms with van der Waals surface area (Å²) in [6.45, 7) is 1.62. The molecule has 0 radical (unpaired) electrons. The summed E-state index contributed by atoms with van der Waals surface area (Å²) in [6.07, 6.45) is 10.0. The number of pyridine rings is 2. The van der Waals surface area contributed by atoms with Crippen molar-refractivity contribution < 1.29 is 4.79 Å². The van der Waals surface area contributed by atoms with E-state index >= 15 is 0 Å². The normalized spacial score (nSPS) is 21.0. The first-order valence-corrected chi connectivity index (χ1v) is 9.06. The molecule has 1 unspecified atom stereocenters. The highest BCUT2D eigenvalue weighted by molar-refractivity contribution is 6.05. The fourth-order valence-corrected chi connectivity index (χ4v) is 3.93. The Labute approximate surface area is 145 Å². The van der Waals surface area contributed by atoms with Crippen LogP contribution in [0.4, 0.5) is 4.79 Å². The van der Waals surface area contributed by atoms with E-state index in [1.807, 2.05) is 29.6 Å². The minimum absolute atomic E-state index is 0.0980. The van der Waals surface area contributed by atoms with Crippen LogP contribution in [0.5, 0.6) is 0 Å². The van der Waals surface area contributed by atoms with Crippen LogP contribution in [0, 0.1) is 0 Å². The van der Waals surface area contributed by atoms with E-state index in [1.165, 1.54) is 10.9 Å². The summed E-state index contributed by atoms with van der Waals surface area (Å²) in [7, 11) is 0. The topological polar surface area (TPSA) is 73.9 Å². The molecule has 6 heteroatoms. The van der Waals surface area contributed by atoms with Gasteiger partial charge < -0.3 is 15.2 Å². The summed E-state index contributed by atoms with van der Waals surface area (Å²) >= 11 is 0. The van der Waals surface area contributed by atoms with Crippen molar-refractivity contribution in [3.05, 3.63) is 36.3 Å². The lowest BCUT2D eigenvalue weighted by Gasteiger charge is -2.33. The van der Waals surface area contributed by atoms with Gasteiger partial charge in [-0.15, -0.1) is 0 Å². The van der Waals surface area contributed by atoms with Crippen LogP contribution in [-0.2, 0) is 0 Å². The van der Waals surface area contributed by atoms with E-state index < -0.39 is 0 Å². The highest BCUT2D eigenvalue weighted by atomic mass is 16.2. The Balaban J connectivity index is 1.51. The van der Waals surface area contributed by atoms with Gasteiger partial charge in [0.15, 0.2) is 5.65 Å². The number of hydrogen-bond donors (Lipinski definition) is 2. The standard InChI is InChI=1S/C19H21N5O/c25-19(23-13-3-4-13)24-9-1-2-12(11-24)14-5-7-20-16-10-22-18-15(17(14)16)6-8-21-18/h5-8,10,12-13,20H,1-4,9,11H2,(H,23,25). The fourth-order valence-electron chi connectivity index (χ4n) is 3.93. The number of nitrogens with one attached hydrogen (secondary N) is 2. The van der Waals surface area contributed by atoms with E-state index in [4.69, 9.17) is 0 Å². The van der Waals surface area contributed by atoms with Gasteiger partial charge in [-0.25, -0.2) is 14.8 Å². The van der Waals surface area contributed by atoms with Crippen molar-refractivity contribution in [3.8, 4) is 0 Å². The number of piperidine rings is 1. The van der Waals surface area contributed by atoms with Gasteiger partial charge >= 0.3 is 6.03 Å². The molecule has 1 saturated carbocycles. The molecule has 1 aliphatic carbocycles. The van der Waals surface area contributed by atoms with E-state index in [-0.39, 0.29) is 6.03 Å². The maximum atomic E-state index is 12.4. The minimum Gasteiger partial charge on any atom is -0.360 e. The molecule has 4 heterocycles. The van der Waals surface area contributed by atoms with Gasteiger partial charge in [0.25, 0.3) is 0 Å². The number of rotatable bonds is 2. The zero-order valence-corrected chi connectivity index (χ0v) is 14.0. The van der Waals surface area contributed by atoms with Gasteiger partial charge in [0.2, 0.25) is 0 Å². The number of hydrogen-bond acceptors (Lipinski definition) is 3. The van der Waals surface area contributed by atoms with Crippen LogP contribution in [0.15, 0.2) is 30.7 Å². The third-order valence-corrected chi connectivity index (χ3v) is 5.38. The molecule has 2 aliphatic rings. The maximum Gasteiger partial charge on any atom is 0.317 e. The Kier molecular flexibility index (Phi) is 3.36. The molecular weight excluding hydrogens is 314 g/mol. The number of H-pyrrole nitrogens is 1. The van der Waals surface area contributed by atoms with Crippen molar-refractivity contribution in [2.24, 2.45) is 0 Å². The molecule has 1 atom stereocenters. The average molecular weight is 335 g/mol. The quantitative estimate of drug-likeness (QED) is 0.755. The lowest BCUT2D eigenvalue weighted by atomic mass is 9.88. The molecule has 3 aromatic rings. The lowest BCUT2D eigenvalue weighted by molar-refractivity contribution is 0.179. The third-order valence-electron chi connectivity index (χ3n) is 5.38. The van der Waals surface area contributed by atoms with Gasteiger partial charge in [-0.05, 0) is 43.4 Å². The van der Waals surface area contributed by atoms with Crippen molar-refractivity contribution in [2.75, 3.05) is 13.1 Å². The number of carbonyl (C=O) groups is 1. The summed E-state index contributed by atoms with van der Waals surface area (Å²) in [4.78, 5) is 26.5. The molecule has 1 saturated heterocycles. The van der Waals surface area contributed by atoms with Gasteiger partial charge in [-0.2, -0.15) is 0 Å². The summed E-state index contributed by atoms with van der Waals surface area (Å²) < 4.78 is 0. The second-order valence-corrected chi connectivity index (χ2v) is 7.17. The first-order valence-electron chi connectivity index (χ1n) is 9.06. The second kappa shape index (κ2) is 5.72. The Morgan fingerprint density at radius 1 is 1.24 bits per heavy atom. The number of amides is 2. The Bertz CT molecular complexity index is 945. The van der Waals surface area contributed by atoms with E-state index in [9.17, 15) is 4.79 Å². The molecule has 6 nitrogen and oxygen atoms in total. The zero-order chi connectivity index (χ0) is 16.8. The fraction of sp³-hybridized carbons (Fsp3) is 0.421. The van der Waals surface area contributed by atoms with Crippen molar-refractivity contribution in [2.45, 2.75) is 37.6 Å². The maximum absolute atomic E-state index is 12.4. The number of nitrogens with zero attached hydrogens (tertiary/aromatic N) is 3. The SMILES string of the molecule is O=C(NC1CC1)N1CCCC(c2cc[nH]c3cnc4nccc4c23)C1. The zero-order valence-electron chi connectivity index (χ0n) is 14.0. The molecule has 0 spiro atoms. The number of aromatic amines is 1. The largest absolute Gasteiger partial charge is 0.360 e. The molecular formula is C19H21N5O. The second-order valence-electron chi connectivity index (χ2n) is 7.17. The van der Waals surface area contributed by atoms with Crippen molar-refractivity contribution >= 4 is 28.0 Å². The highest BCUT2D eigenvalue weighted by Gasteiger charge is 2.30. The summed E-state index contributed by atoms with van der Waals surface area (Å²) in [5.74, 6) is 0.344. The van der Waals surface area contributed by atoms with Gasteiger partial charge in [0.1, 0.15) is 0 Å². The van der Waals surface area contributed by atoms with Crippen LogP contribution in [-0.4, -0.2) is 45.0 Å². The van der Waals surface area contributed by atoms with Gasteiger partial charge in [0.05, 0.1) is 11.7 Å². The molecule has 0 bridgehead atoms. The average Bonchev–Trinajstić information content (AvgIpc) is 3.33. The minimum atomic E-state index is 0.0980. The van der Waals surface area contributed by atoms with E-state index in [0.29, 0.717) is 12.0 Å². The van der Waals surface area contributed by atoms with E-state index in [2.05, 4.69) is 26.3 Å².